The van der Waals surface area contributed by atoms with Crippen molar-refractivity contribution in [3.8, 4) is 5.75 Å². The Kier molecular flexibility index (Phi) is 3.44. The summed E-state index contributed by atoms with van der Waals surface area (Å²) in [6.07, 6.45) is 0. The molecule has 2 heteroatoms. The predicted octanol–water partition coefficient (Wildman–Crippen LogP) is 4.68. The monoisotopic (exact) mass is 276 g/mol. The highest BCUT2D eigenvalue weighted by atomic mass is 16.5. The van der Waals surface area contributed by atoms with Crippen LogP contribution in [-0.4, -0.2) is 5.97 Å². The third-order valence-electron chi connectivity index (χ3n) is 3.41. The fourth-order valence-corrected chi connectivity index (χ4v) is 2.54. The number of rotatable bonds is 2. The number of esters is 1. The van der Waals surface area contributed by atoms with Crippen LogP contribution < -0.4 is 4.74 Å². The molecule has 21 heavy (non-hydrogen) atoms. The number of hydrogen-bond donors (Lipinski definition) is 0. The minimum absolute atomic E-state index is 0.321. The van der Waals surface area contributed by atoms with Gasteiger partial charge in [0.05, 0.1) is 5.56 Å². The molecule has 3 aromatic carbocycles. The molecule has 0 aliphatic rings. The number of carbonyl (C=O) groups excluding carboxylic acids is 1. The molecule has 0 radical (unpaired) electrons. The first-order valence-corrected chi connectivity index (χ1v) is 6.92. The molecule has 0 saturated heterocycles. The lowest BCUT2D eigenvalue weighted by molar-refractivity contribution is 0.0737. The largest absolute Gasteiger partial charge is 0.422 e. The summed E-state index contributed by atoms with van der Waals surface area (Å²) < 4.78 is 5.58. The Morgan fingerprint density at radius 2 is 1.52 bits per heavy atom. The lowest BCUT2D eigenvalue weighted by Crippen LogP contribution is -2.09. The van der Waals surface area contributed by atoms with Crippen molar-refractivity contribution < 1.29 is 9.53 Å². The summed E-state index contributed by atoms with van der Waals surface area (Å²) in [5, 5.41) is 2.00. The lowest BCUT2D eigenvalue weighted by atomic mass is 10.1. The maximum Gasteiger partial charge on any atom is 0.343 e. The number of ether oxygens (including phenoxy) is 1. The van der Waals surface area contributed by atoms with Gasteiger partial charge in [0, 0.05) is 5.39 Å². The zero-order valence-corrected chi connectivity index (χ0v) is 12.1. The molecule has 0 aliphatic carbocycles. The molecule has 0 saturated carbocycles. The van der Waals surface area contributed by atoms with Gasteiger partial charge in [-0.15, -0.1) is 0 Å². The molecular formula is C19H16O2. The van der Waals surface area contributed by atoms with Gasteiger partial charge < -0.3 is 4.74 Å². The topological polar surface area (TPSA) is 26.3 Å². The van der Waals surface area contributed by atoms with Crippen molar-refractivity contribution in [2.45, 2.75) is 13.8 Å². The summed E-state index contributed by atoms with van der Waals surface area (Å²) >= 11 is 0. The van der Waals surface area contributed by atoms with Crippen LogP contribution in [0.3, 0.4) is 0 Å². The maximum atomic E-state index is 12.3. The van der Waals surface area contributed by atoms with Gasteiger partial charge in [0.25, 0.3) is 0 Å². The second kappa shape index (κ2) is 5.41. The lowest BCUT2D eigenvalue weighted by Gasteiger charge is -2.09. The Morgan fingerprint density at radius 3 is 2.29 bits per heavy atom. The molecular weight excluding hydrogens is 260 g/mol. The van der Waals surface area contributed by atoms with E-state index in [1.807, 2.05) is 74.5 Å². The van der Waals surface area contributed by atoms with Gasteiger partial charge in [-0.05, 0) is 37.4 Å². The van der Waals surface area contributed by atoms with Crippen molar-refractivity contribution in [2.75, 3.05) is 0 Å². The van der Waals surface area contributed by atoms with Crippen LogP contribution in [0.25, 0.3) is 10.8 Å². The molecule has 104 valence electrons. The molecule has 0 aliphatic heterocycles. The van der Waals surface area contributed by atoms with E-state index in [1.54, 1.807) is 0 Å². The summed E-state index contributed by atoms with van der Waals surface area (Å²) in [5.41, 5.74) is 2.69. The number of aryl methyl sites for hydroxylation is 2. The zero-order chi connectivity index (χ0) is 14.8. The van der Waals surface area contributed by atoms with Gasteiger partial charge in [-0.25, -0.2) is 4.79 Å². The molecule has 0 unspecified atom stereocenters. The van der Waals surface area contributed by atoms with E-state index in [0.717, 1.165) is 21.9 Å². The number of hydrogen-bond acceptors (Lipinski definition) is 2. The Morgan fingerprint density at radius 1 is 0.857 bits per heavy atom. The fourth-order valence-electron chi connectivity index (χ4n) is 2.54. The van der Waals surface area contributed by atoms with E-state index >= 15 is 0 Å². The minimum atomic E-state index is -0.321. The third kappa shape index (κ3) is 2.79. The smallest absolute Gasteiger partial charge is 0.343 e. The minimum Gasteiger partial charge on any atom is -0.422 e. The molecule has 0 fully saturated rings. The van der Waals surface area contributed by atoms with Gasteiger partial charge in [-0.2, -0.15) is 0 Å². The van der Waals surface area contributed by atoms with E-state index < -0.39 is 0 Å². The van der Waals surface area contributed by atoms with Crippen LogP contribution in [0, 0.1) is 13.8 Å². The Bertz CT molecular complexity index is 793. The molecule has 0 amide bonds. The third-order valence-corrected chi connectivity index (χ3v) is 3.41. The van der Waals surface area contributed by atoms with Crippen LogP contribution in [0.1, 0.15) is 21.5 Å². The van der Waals surface area contributed by atoms with Gasteiger partial charge in [-0.3, -0.25) is 0 Å². The van der Waals surface area contributed by atoms with Gasteiger partial charge in [0.1, 0.15) is 5.75 Å². The van der Waals surface area contributed by atoms with Gasteiger partial charge in [-0.1, -0.05) is 53.6 Å². The van der Waals surface area contributed by atoms with E-state index in [0.29, 0.717) is 11.3 Å². The van der Waals surface area contributed by atoms with Crippen LogP contribution in [0.2, 0.25) is 0 Å². The summed E-state index contributed by atoms with van der Waals surface area (Å²) in [6, 6.07) is 19.3. The molecule has 3 rings (SSSR count). The summed E-state index contributed by atoms with van der Waals surface area (Å²) in [6.45, 7) is 3.95. The van der Waals surface area contributed by atoms with Crippen LogP contribution in [-0.2, 0) is 0 Å². The fraction of sp³-hybridized carbons (Fsp3) is 0.105. The van der Waals surface area contributed by atoms with E-state index in [2.05, 4.69) is 0 Å². The van der Waals surface area contributed by atoms with Crippen molar-refractivity contribution in [2.24, 2.45) is 0 Å². The highest BCUT2D eigenvalue weighted by molar-refractivity contribution is 5.95. The van der Waals surface area contributed by atoms with Crippen LogP contribution in [0.4, 0.5) is 0 Å². The van der Waals surface area contributed by atoms with E-state index in [9.17, 15) is 4.79 Å². The molecule has 0 spiro atoms. The highest BCUT2D eigenvalue weighted by Gasteiger charge is 2.11. The normalized spacial score (nSPS) is 10.6. The van der Waals surface area contributed by atoms with E-state index in [1.165, 1.54) is 0 Å². The number of fused-ring (bicyclic) bond motifs is 1. The second-order valence-electron chi connectivity index (χ2n) is 5.24. The van der Waals surface area contributed by atoms with E-state index in [4.69, 9.17) is 4.74 Å². The Hall–Kier alpha value is -2.61. The predicted molar refractivity (Wildman–Crippen MR) is 84.8 cm³/mol. The van der Waals surface area contributed by atoms with Crippen LogP contribution in [0.5, 0.6) is 5.75 Å². The standard InChI is InChI=1S/C19H16O2/c1-13-10-14(2)12-16(11-13)19(20)21-18-9-5-7-15-6-3-4-8-17(15)18/h3-12H,1-2H3. The summed E-state index contributed by atoms with van der Waals surface area (Å²) in [4.78, 5) is 12.3. The van der Waals surface area contributed by atoms with Crippen molar-refractivity contribution in [1.82, 2.24) is 0 Å². The summed E-state index contributed by atoms with van der Waals surface area (Å²) in [5.74, 6) is 0.274. The van der Waals surface area contributed by atoms with Crippen molar-refractivity contribution in [3.63, 3.8) is 0 Å². The molecule has 3 aromatic rings. The number of benzene rings is 3. The van der Waals surface area contributed by atoms with Gasteiger partial charge >= 0.3 is 5.97 Å². The first-order chi connectivity index (χ1) is 10.1. The van der Waals surface area contributed by atoms with Crippen molar-refractivity contribution in [3.05, 3.63) is 77.4 Å². The Labute approximate surface area is 124 Å². The van der Waals surface area contributed by atoms with Gasteiger partial charge in [0.2, 0.25) is 0 Å². The Balaban J connectivity index is 1.96. The average Bonchev–Trinajstić information content (AvgIpc) is 2.46. The zero-order valence-electron chi connectivity index (χ0n) is 12.1. The first kappa shape index (κ1) is 13.4. The van der Waals surface area contributed by atoms with Crippen molar-refractivity contribution >= 4 is 16.7 Å². The summed E-state index contributed by atoms with van der Waals surface area (Å²) in [7, 11) is 0. The molecule has 0 aromatic heterocycles. The average molecular weight is 276 g/mol. The highest BCUT2D eigenvalue weighted by Crippen LogP contribution is 2.26. The molecule has 0 bridgehead atoms. The molecule has 2 nitrogen and oxygen atoms in total. The van der Waals surface area contributed by atoms with Crippen molar-refractivity contribution in [1.29, 1.82) is 0 Å². The SMILES string of the molecule is Cc1cc(C)cc(C(=O)Oc2cccc3ccccc23)c1. The van der Waals surface area contributed by atoms with E-state index in [-0.39, 0.29) is 5.97 Å². The second-order valence-corrected chi connectivity index (χ2v) is 5.24. The molecule has 0 N–H and O–H groups in total. The first-order valence-electron chi connectivity index (χ1n) is 6.92. The van der Waals surface area contributed by atoms with Crippen LogP contribution in [0.15, 0.2) is 60.7 Å². The molecule has 0 heterocycles. The number of carbonyl (C=O) groups is 1. The molecule has 0 atom stereocenters. The van der Waals surface area contributed by atoms with Crippen LogP contribution >= 0.6 is 0 Å². The maximum absolute atomic E-state index is 12.3. The quantitative estimate of drug-likeness (QED) is 0.502. The van der Waals surface area contributed by atoms with Gasteiger partial charge in [0.15, 0.2) is 0 Å².